The van der Waals surface area contributed by atoms with E-state index in [0.717, 1.165) is 35.0 Å². The maximum absolute atomic E-state index is 11.8. The van der Waals surface area contributed by atoms with E-state index in [1.165, 1.54) is 0 Å². The highest BCUT2D eigenvalue weighted by atomic mass is 32.2. The summed E-state index contributed by atoms with van der Waals surface area (Å²) in [7, 11) is 1.86. The Labute approximate surface area is 92.9 Å². The summed E-state index contributed by atoms with van der Waals surface area (Å²) in [5.74, 6) is 2.63. The van der Waals surface area contributed by atoms with Gasteiger partial charge in [0.25, 0.3) is 5.56 Å². The zero-order chi connectivity index (χ0) is 10.8. The van der Waals surface area contributed by atoms with Gasteiger partial charge in [0, 0.05) is 11.3 Å². The molecule has 0 saturated carbocycles. The maximum atomic E-state index is 11.8. The molecule has 1 unspecified atom stereocenters. The molecular weight excluding hydrogens is 210 g/mol. The summed E-state index contributed by atoms with van der Waals surface area (Å²) in [4.78, 5) is 19.1. The molecule has 1 aliphatic rings. The molecule has 0 radical (unpaired) electrons. The molecule has 0 aromatic carbocycles. The number of aromatic nitrogens is 2. The summed E-state index contributed by atoms with van der Waals surface area (Å²) < 4.78 is 0. The van der Waals surface area contributed by atoms with E-state index < -0.39 is 0 Å². The lowest BCUT2D eigenvalue weighted by molar-refractivity contribution is 0.601. The van der Waals surface area contributed by atoms with Gasteiger partial charge in [-0.3, -0.25) is 4.79 Å². The highest BCUT2D eigenvalue weighted by Gasteiger charge is 2.17. The van der Waals surface area contributed by atoms with Crippen LogP contribution in [0.2, 0.25) is 0 Å². The normalized spacial score (nSPS) is 17.2. The van der Waals surface area contributed by atoms with E-state index in [-0.39, 0.29) is 11.6 Å². The van der Waals surface area contributed by atoms with Crippen LogP contribution in [0.25, 0.3) is 0 Å². The minimum atomic E-state index is 0.0393. The lowest BCUT2D eigenvalue weighted by atomic mass is 10.1. The minimum absolute atomic E-state index is 0.0393. The van der Waals surface area contributed by atoms with Crippen LogP contribution in [-0.2, 0) is 12.2 Å². The Bertz CT molecular complexity index is 416. The highest BCUT2D eigenvalue weighted by molar-refractivity contribution is 7.98. The Morgan fingerprint density at radius 2 is 2.40 bits per heavy atom. The van der Waals surface area contributed by atoms with Gasteiger partial charge >= 0.3 is 0 Å². The van der Waals surface area contributed by atoms with Gasteiger partial charge < -0.3 is 10.3 Å². The van der Waals surface area contributed by atoms with Gasteiger partial charge in [0.15, 0.2) is 0 Å². The van der Waals surface area contributed by atoms with Gasteiger partial charge in [0.1, 0.15) is 5.82 Å². The van der Waals surface area contributed by atoms with Gasteiger partial charge in [0.2, 0.25) is 0 Å². The van der Waals surface area contributed by atoms with Crippen molar-refractivity contribution in [1.82, 2.24) is 15.3 Å². The van der Waals surface area contributed by atoms with Crippen LogP contribution in [0.15, 0.2) is 4.79 Å². The highest BCUT2D eigenvalue weighted by Crippen LogP contribution is 2.20. The minimum Gasteiger partial charge on any atom is -0.311 e. The summed E-state index contributed by atoms with van der Waals surface area (Å²) in [5.41, 5.74) is 1.88. The first kappa shape index (κ1) is 10.7. The van der Waals surface area contributed by atoms with Crippen LogP contribution in [0, 0.1) is 0 Å². The summed E-state index contributed by atoms with van der Waals surface area (Å²) in [6.45, 7) is 1.99. The number of aromatic amines is 1. The van der Waals surface area contributed by atoms with Crippen molar-refractivity contribution in [2.75, 3.05) is 12.8 Å². The number of nitrogens with one attached hydrogen (secondary N) is 2. The maximum Gasteiger partial charge on any atom is 0.254 e. The lowest BCUT2D eigenvalue weighted by Crippen LogP contribution is -2.26. The topological polar surface area (TPSA) is 57.8 Å². The fraction of sp³-hybridized carbons (Fsp3) is 0.600. The van der Waals surface area contributed by atoms with E-state index in [2.05, 4.69) is 15.3 Å². The zero-order valence-corrected chi connectivity index (χ0v) is 9.78. The number of fused-ring (bicyclic) bond motifs is 1. The van der Waals surface area contributed by atoms with Crippen LogP contribution < -0.4 is 10.9 Å². The first-order valence-electron chi connectivity index (χ1n) is 5.09. The molecule has 1 aromatic heterocycles. The molecule has 2 N–H and O–H groups in total. The van der Waals surface area contributed by atoms with Gasteiger partial charge in [0.05, 0.1) is 11.7 Å². The molecule has 82 valence electrons. The van der Waals surface area contributed by atoms with Crippen LogP contribution in [0.1, 0.15) is 30.0 Å². The van der Waals surface area contributed by atoms with Crippen molar-refractivity contribution in [2.24, 2.45) is 0 Å². The SMILES string of the molecule is CNC(C)c1nc2c(c(=O)[nH]1)CCSC2. The third-order valence-electron chi connectivity index (χ3n) is 2.70. The molecule has 0 aliphatic carbocycles. The molecule has 5 heteroatoms. The molecule has 2 heterocycles. The Hall–Kier alpha value is -0.810. The molecule has 0 spiro atoms. The van der Waals surface area contributed by atoms with E-state index in [1.54, 1.807) is 0 Å². The molecule has 0 saturated heterocycles. The second-order valence-corrected chi connectivity index (χ2v) is 4.79. The van der Waals surface area contributed by atoms with Crippen LogP contribution in [0.5, 0.6) is 0 Å². The van der Waals surface area contributed by atoms with E-state index in [9.17, 15) is 4.79 Å². The summed E-state index contributed by atoms with van der Waals surface area (Å²) in [6, 6.07) is 0.0925. The predicted molar refractivity (Wildman–Crippen MR) is 62.2 cm³/mol. The Morgan fingerprint density at radius 3 is 3.13 bits per heavy atom. The molecule has 1 aliphatic heterocycles. The first-order valence-corrected chi connectivity index (χ1v) is 6.25. The molecule has 0 bridgehead atoms. The van der Waals surface area contributed by atoms with Crippen molar-refractivity contribution in [3.8, 4) is 0 Å². The number of H-pyrrole nitrogens is 1. The van der Waals surface area contributed by atoms with Crippen molar-refractivity contribution >= 4 is 11.8 Å². The Balaban J connectivity index is 2.45. The van der Waals surface area contributed by atoms with Crippen molar-refractivity contribution in [3.05, 3.63) is 27.4 Å². The average molecular weight is 225 g/mol. The molecule has 1 atom stereocenters. The van der Waals surface area contributed by atoms with Crippen LogP contribution in [0.4, 0.5) is 0 Å². The number of hydrogen-bond acceptors (Lipinski definition) is 4. The van der Waals surface area contributed by atoms with Gasteiger partial charge in [-0.25, -0.2) is 4.98 Å². The third kappa shape index (κ3) is 2.08. The second kappa shape index (κ2) is 4.37. The molecule has 15 heavy (non-hydrogen) atoms. The van der Waals surface area contributed by atoms with Crippen molar-refractivity contribution in [3.63, 3.8) is 0 Å². The monoisotopic (exact) mass is 225 g/mol. The predicted octanol–water partition coefficient (Wildman–Crippen LogP) is 0.840. The van der Waals surface area contributed by atoms with Gasteiger partial charge in [-0.2, -0.15) is 11.8 Å². The number of hydrogen-bond donors (Lipinski definition) is 2. The lowest BCUT2D eigenvalue weighted by Gasteiger charge is -2.16. The smallest absolute Gasteiger partial charge is 0.254 e. The summed E-state index contributed by atoms with van der Waals surface area (Å²) in [6.07, 6.45) is 0.844. The zero-order valence-electron chi connectivity index (χ0n) is 8.96. The molecule has 4 nitrogen and oxygen atoms in total. The van der Waals surface area contributed by atoms with Gasteiger partial charge in [-0.15, -0.1) is 0 Å². The van der Waals surface area contributed by atoms with Crippen molar-refractivity contribution in [1.29, 1.82) is 0 Å². The molecule has 2 rings (SSSR count). The van der Waals surface area contributed by atoms with Crippen molar-refractivity contribution in [2.45, 2.75) is 25.1 Å². The molecule has 0 fully saturated rings. The quantitative estimate of drug-likeness (QED) is 0.783. The van der Waals surface area contributed by atoms with Crippen LogP contribution >= 0.6 is 11.8 Å². The Kier molecular flexibility index (Phi) is 3.11. The van der Waals surface area contributed by atoms with E-state index in [1.807, 2.05) is 25.7 Å². The van der Waals surface area contributed by atoms with E-state index >= 15 is 0 Å². The molecule has 1 aromatic rings. The second-order valence-electron chi connectivity index (χ2n) is 3.69. The van der Waals surface area contributed by atoms with Crippen molar-refractivity contribution < 1.29 is 0 Å². The Morgan fingerprint density at radius 1 is 1.60 bits per heavy atom. The number of rotatable bonds is 2. The first-order chi connectivity index (χ1) is 7.22. The average Bonchev–Trinajstić information content (AvgIpc) is 2.28. The molecule has 0 amide bonds. The van der Waals surface area contributed by atoms with E-state index in [0.29, 0.717) is 0 Å². The van der Waals surface area contributed by atoms with Gasteiger partial charge in [-0.05, 0) is 26.1 Å². The fourth-order valence-corrected chi connectivity index (χ4v) is 2.55. The summed E-state index contributed by atoms with van der Waals surface area (Å²) in [5, 5.41) is 3.08. The van der Waals surface area contributed by atoms with Gasteiger partial charge in [-0.1, -0.05) is 0 Å². The number of nitrogens with zero attached hydrogens (tertiary/aromatic N) is 1. The summed E-state index contributed by atoms with van der Waals surface area (Å²) >= 11 is 1.84. The largest absolute Gasteiger partial charge is 0.311 e. The van der Waals surface area contributed by atoms with Crippen LogP contribution in [0.3, 0.4) is 0 Å². The third-order valence-corrected chi connectivity index (χ3v) is 3.67. The molecular formula is C10H15N3OS. The fourth-order valence-electron chi connectivity index (χ4n) is 1.63. The standard InChI is InChI=1S/C10H15N3OS/c1-6(11-2)9-12-8-5-15-4-3-7(8)10(14)13-9/h6,11H,3-5H2,1-2H3,(H,12,13,14). The van der Waals surface area contributed by atoms with E-state index in [4.69, 9.17) is 0 Å². The van der Waals surface area contributed by atoms with Crippen LogP contribution in [-0.4, -0.2) is 22.8 Å². The number of thioether (sulfide) groups is 1.